The zero-order chi connectivity index (χ0) is 65.0. The van der Waals surface area contributed by atoms with Gasteiger partial charge in [-0.2, -0.15) is 0 Å². The Labute approximate surface area is 556 Å². The molecule has 0 saturated carbocycles. The minimum Gasteiger partial charge on any atom is -0.444 e. The Morgan fingerprint density at radius 2 is 1.39 bits per heavy atom. The fraction of sp³-hybridized carbons (Fsp3) is 0.333. The van der Waals surface area contributed by atoms with E-state index in [1.54, 1.807) is 65.0 Å². The van der Waals surface area contributed by atoms with Crippen molar-refractivity contribution in [3.63, 3.8) is 0 Å². The largest absolute Gasteiger partial charge is 0.444 e. The molecule has 0 unspecified atom stereocenters. The molecule has 3 aliphatic heterocycles. The van der Waals surface area contributed by atoms with Crippen LogP contribution in [0.15, 0.2) is 93.6 Å². The van der Waals surface area contributed by atoms with Crippen molar-refractivity contribution in [2.75, 3.05) is 45.9 Å². The molecular formula is C63H62N14O10S6. The van der Waals surface area contributed by atoms with E-state index in [9.17, 15) is 33.9 Å². The number of carbonyl (C=O) groups excluding carboxylic acids is 7. The Kier molecular flexibility index (Phi) is 19.7. The number of morpholine rings is 1. The number of aliphatic hydroxyl groups excluding tert-OH is 1. The van der Waals surface area contributed by atoms with E-state index in [0.29, 0.717) is 85.0 Å². The van der Waals surface area contributed by atoms with Gasteiger partial charge < -0.3 is 46.9 Å². The number of nitrogens with one attached hydrogen (secondary N) is 3. The van der Waals surface area contributed by atoms with E-state index in [0.717, 1.165) is 64.8 Å². The van der Waals surface area contributed by atoms with Gasteiger partial charge in [-0.1, -0.05) is 67.1 Å². The fourth-order valence-electron chi connectivity index (χ4n) is 11.3. The van der Waals surface area contributed by atoms with Gasteiger partial charge in [0.2, 0.25) is 11.8 Å². The van der Waals surface area contributed by atoms with Crippen LogP contribution >= 0.6 is 68.0 Å². The summed E-state index contributed by atoms with van der Waals surface area (Å²) >= 11 is 7.07. The lowest BCUT2D eigenvalue weighted by Gasteiger charge is -2.29. The second kappa shape index (κ2) is 28.4. The predicted molar refractivity (Wildman–Crippen MR) is 353 cm³/mol. The number of aromatic nitrogens is 7. The fourth-order valence-corrected chi connectivity index (χ4v) is 16.7. The Bertz CT molecular complexity index is 4250. The number of nitrogens with zero attached hydrogens (tertiary/aromatic N) is 9. The lowest BCUT2D eigenvalue weighted by molar-refractivity contribution is -0.134. The number of Topliss-reactive ketones (excluding diaryl/α,β-unsaturated/α-hetero) is 1. The van der Waals surface area contributed by atoms with Gasteiger partial charge in [-0.15, -0.1) is 68.0 Å². The van der Waals surface area contributed by atoms with Crippen LogP contribution in [0.3, 0.4) is 0 Å². The molecule has 2 saturated heterocycles. The van der Waals surface area contributed by atoms with E-state index in [1.165, 1.54) is 44.8 Å². The number of benzene rings is 2. The first kappa shape index (κ1) is 64.6. The minimum absolute atomic E-state index is 0.00912. The summed E-state index contributed by atoms with van der Waals surface area (Å²) in [4.78, 5) is 137. The van der Waals surface area contributed by atoms with Crippen molar-refractivity contribution >= 4 is 109 Å². The average molecular weight is 1370 g/mol. The number of pyridine rings is 1. The van der Waals surface area contributed by atoms with Crippen molar-refractivity contribution in [2.45, 2.75) is 82.7 Å². The summed E-state index contributed by atoms with van der Waals surface area (Å²) in [5, 5.41) is 31.4. The van der Waals surface area contributed by atoms with Crippen molar-refractivity contribution < 1.29 is 48.1 Å². The number of amides is 6. The summed E-state index contributed by atoms with van der Waals surface area (Å²) in [5.74, 6) is -5.33. The first-order valence-electron chi connectivity index (χ1n) is 29.7. The number of carbonyl (C=O) groups is 7. The topological polar surface area (TPSA) is 343 Å². The first-order valence-corrected chi connectivity index (χ1v) is 35.0. The van der Waals surface area contributed by atoms with Gasteiger partial charge in [0.05, 0.1) is 55.1 Å². The lowest BCUT2D eigenvalue weighted by Crippen LogP contribution is -2.50. The monoisotopic (exact) mass is 1370 g/mol. The van der Waals surface area contributed by atoms with Crippen molar-refractivity contribution in [3.05, 3.63) is 153 Å². The van der Waals surface area contributed by atoms with E-state index >= 15 is 4.79 Å². The standard InChI is InChI=1S/C63H62N14O10S6/c1-31-10-12-34(13-11-31)22-40-62(84)77-25-47(87-63(85)66-16-7-17-76-18-20-86-21-19-76)32(2)51(77)61-74-45(30-92-61)59-70-41(26-90-59)50-36(14-15-38(67-50)58-71-42(27-91-58)53(65)81)56-72-43(28-88-56)54(82)68-39(24-48(64)79)60-75-49(33(3)93-60)46(78)23-37(52(80)35-8-5-4-6-9-35)57-73-44(29-89-57)55(83)69-40/h4-6,8-15,26-30,32,37,39-40,47,51-52,80H,7,16-25H2,1-3H3,(H2,64,79)(H2,65,81)(H,66,85)(H,68,82)(H,69,83)/t32-,37-,39-,40-,47-,51-,52+/m0/s1. The number of hydrogen-bond acceptors (Lipinski definition) is 24. The third-order valence-corrected chi connectivity index (χ3v) is 21.8. The maximum Gasteiger partial charge on any atom is 0.407 e. The molecule has 0 spiro atoms. The van der Waals surface area contributed by atoms with E-state index in [2.05, 4.69) is 25.8 Å². The third kappa shape index (κ3) is 14.7. The molecule has 10 heterocycles. The van der Waals surface area contributed by atoms with Crippen LogP contribution in [-0.2, 0) is 25.5 Å². The maximum absolute atomic E-state index is 15.8. The molecule has 2 fully saturated rings. The summed E-state index contributed by atoms with van der Waals surface area (Å²) < 4.78 is 11.7. The number of alkyl carbamates (subject to hydrolysis) is 1. The quantitative estimate of drug-likeness (QED) is 0.0591. The zero-order valence-corrected chi connectivity index (χ0v) is 55.2. The molecule has 9 aromatic rings. The minimum atomic E-state index is -1.30. The number of nitrogens with two attached hydrogens (primary N) is 2. The van der Waals surface area contributed by atoms with Crippen molar-refractivity contribution in [3.8, 4) is 43.4 Å². The smallest absolute Gasteiger partial charge is 0.407 e. The molecule has 30 heteroatoms. The van der Waals surface area contributed by atoms with Gasteiger partial charge in [0.25, 0.3) is 17.7 Å². The maximum atomic E-state index is 15.8. The number of thiazole rings is 6. The number of aryl methyl sites for hydroxylation is 2. The molecule has 12 rings (SSSR count). The van der Waals surface area contributed by atoms with Gasteiger partial charge in [-0.05, 0) is 50.1 Å². The molecule has 8 N–H and O–H groups in total. The van der Waals surface area contributed by atoms with Crippen molar-refractivity contribution in [2.24, 2.45) is 17.4 Å². The van der Waals surface area contributed by atoms with Crippen LogP contribution in [0, 0.1) is 19.8 Å². The summed E-state index contributed by atoms with van der Waals surface area (Å²) in [6.45, 7) is 9.54. The SMILES string of the molecule is Cc1ccc(C[C@@H]2NC(=O)c3csc(n3)[C@H]([C@H](O)c3ccccc3)CC(=O)c3nc(sc3C)[C@H](CC(N)=O)NC(=O)c3csc(n3)-c3ccc(-c4nc(C(N)=O)cs4)nc3-c3csc(n3)-c3csc(n3)[C@@H]3[C@@H](C)[C@@H](OC(=O)NCCCN4CCOCC4)CN3C2=O)cc1. The molecule has 7 atom stereocenters. The van der Waals surface area contributed by atoms with Crippen LogP contribution < -0.4 is 27.4 Å². The van der Waals surface area contributed by atoms with Gasteiger partial charge in [0.1, 0.15) is 77.0 Å². The van der Waals surface area contributed by atoms with Gasteiger partial charge in [-0.3, -0.25) is 33.7 Å². The van der Waals surface area contributed by atoms with E-state index < -0.39 is 83.6 Å². The Balaban J connectivity index is 0.945. The average Bonchev–Trinajstić information content (AvgIpc) is 1.67. The molecule has 93 heavy (non-hydrogen) atoms. The van der Waals surface area contributed by atoms with Crippen molar-refractivity contribution in [1.82, 2.24) is 60.6 Å². The highest BCUT2D eigenvalue weighted by molar-refractivity contribution is 7.15. The number of rotatable bonds is 13. The number of hydrogen-bond donors (Lipinski definition) is 6. The molecule has 0 radical (unpaired) electrons. The van der Waals surface area contributed by atoms with Crippen molar-refractivity contribution in [1.29, 1.82) is 0 Å². The predicted octanol–water partition coefficient (Wildman–Crippen LogP) is 8.33. The van der Waals surface area contributed by atoms with E-state index in [4.69, 9.17) is 50.8 Å². The molecule has 2 aromatic carbocycles. The Hall–Kier alpha value is -8.46. The number of ketones is 1. The normalized spacial score (nSPS) is 20.1. The van der Waals surface area contributed by atoms with E-state index in [1.807, 2.05) is 43.5 Å². The number of primary amides is 2. The summed E-state index contributed by atoms with van der Waals surface area (Å²) in [7, 11) is 0. The Morgan fingerprint density at radius 3 is 2.14 bits per heavy atom. The van der Waals surface area contributed by atoms with Gasteiger partial charge >= 0.3 is 6.09 Å². The Morgan fingerprint density at radius 1 is 0.720 bits per heavy atom. The van der Waals surface area contributed by atoms with Crippen LogP contribution in [0.5, 0.6) is 0 Å². The number of aliphatic hydroxyl groups is 1. The number of ether oxygens (including phenoxy) is 2. The highest BCUT2D eigenvalue weighted by atomic mass is 32.1. The highest BCUT2D eigenvalue weighted by Crippen LogP contribution is 2.44. The molecule has 480 valence electrons. The molecule has 24 nitrogen and oxygen atoms in total. The molecule has 0 aliphatic carbocycles. The first-order chi connectivity index (χ1) is 44.9. The molecule has 7 aromatic heterocycles. The summed E-state index contributed by atoms with van der Waals surface area (Å²) in [6, 6.07) is 16.7. The zero-order valence-electron chi connectivity index (χ0n) is 50.3. The van der Waals surface area contributed by atoms with E-state index in [-0.39, 0.29) is 58.6 Å². The lowest BCUT2D eigenvalue weighted by atomic mass is 9.90. The molecule has 10 bridgehead atoms. The molecule has 3 aliphatic rings. The van der Waals surface area contributed by atoms with Crippen LogP contribution in [0.4, 0.5) is 4.79 Å². The molecule has 6 amide bonds. The van der Waals surface area contributed by atoms with Crippen LogP contribution in [0.25, 0.3) is 43.4 Å². The number of fused-ring (bicyclic) bond motifs is 16. The highest BCUT2D eigenvalue weighted by Gasteiger charge is 2.48. The van der Waals surface area contributed by atoms with Gasteiger partial charge in [-0.25, -0.2) is 39.7 Å². The van der Waals surface area contributed by atoms with Crippen LogP contribution in [0.1, 0.15) is 129 Å². The third-order valence-electron chi connectivity index (χ3n) is 16.2. The van der Waals surface area contributed by atoms with Gasteiger partial charge in [0.15, 0.2) is 5.78 Å². The second-order valence-corrected chi connectivity index (χ2v) is 28.2. The molecular weight excluding hydrogens is 1310 g/mol. The van der Waals surface area contributed by atoms with Crippen LogP contribution in [-0.4, -0.2) is 149 Å². The van der Waals surface area contributed by atoms with Gasteiger partial charge in [0, 0.05) is 81.7 Å². The summed E-state index contributed by atoms with van der Waals surface area (Å²) in [5.41, 5.74) is 15.7. The second-order valence-electron chi connectivity index (χ2n) is 22.6. The van der Waals surface area contributed by atoms with Crippen LogP contribution in [0.2, 0.25) is 0 Å². The summed E-state index contributed by atoms with van der Waals surface area (Å²) in [6.07, 6.45) is -2.74.